The molecule has 0 aliphatic heterocycles. The molecule has 2 rings (SSSR count). The Labute approximate surface area is 164 Å². The minimum absolute atomic E-state index is 0.229. The van der Waals surface area contributed by atoms with E-state index in [0.29, 0.717) is 40.1 Å². The van der Waals surface area contributed by atoms with Gasteiger partial charge in [0.1, 0.15) is 0 Å². The van der Waals surface area contributed by atoms with Crippen LogP contribution in [-0.2, 0) is 0 Å². The third-order valence-electron chi connectivity index (χ3n) is 4.06. The molecule has 150 valence electrons. The van der Waals surface area contributed by atoms with Gasteiger partial charge in [-0.05, 0) is 35.9 Å². The predicted octanol–water partition coefficient (Wildman–Crippen LogP) is 3.63. The van der Waals surface area contributed by atoms with Crippen molar-refractivity contribution in [2.45, 2.75) is 0 Å². The van der Waals surface area contributed by atoms with E-state index in [2.05, 4.69) is 0 Å². The highest BCUT2D eigenvalue weighted by atomic mass is 16.5. The largest absolute Gasteiger partial charge is 0.493 e. The van der Waals surface area contributed by atoms with Crippen molar-refractivity contribution in [2.75, 3.05) is 42.7 Å². The Morgan fingerprint density at radius 3 is 1.39 bits per heavy atom. The van der Waals surface area contributed by atoms with E-state index in [4.69, 9.17) is 28.4 Å². The van der Waals surface area contributed by atoms with E-state index in [-0.39, 0.29) is 5.78 Å². The van der Waals surface area contributed by atoms with Gasteiger partial charge in [0.2, 0.25) is 11.5 Å². The van der Waals surface area contributed by atoms with Crippen molar-refractivity contribution in [3.8, 4) is 34.5 Å². The smallest absolute Gasteiger partial charge is 0.203 e. The average molecular weight is 388 g/mol. The molecule has 0 aromatic heterocycles. The van der Waals surface area contributed by atoms with E-state index < -0.39 is 0 Å². The quantitative estimate of drug-likeness (QED) is 0.480. The van der Waals surface area contributed by atoms with Crippen molar-refractivity contribution < 1.29 is 33.2 Å². The third kappa shape index (κ3) is 4.31. The number of methoxy groups -OCH3 is 6. The van der Waals surface area contributed by atoms with Gasteiger partial charge < -0.3 is 28.4 Å². The van der Waals surface area contributed by atoms with Crippen LogP contribution >= 0.6 is 0 Å². The van der Waals surface area contributed by atoms with Crippen molar-refractivity contribution in [2.24, 2.45) is 0 Å². The number of ether oxygens (including phenoxy) is 6. The molecule has 0 bridgehead atoms. The van der Waals surface area contributed by atoms with E-state index in [1.165, 1.54) is 48.7 Å². The first-order chi connectivity index (χ1) is 13.5. The topological polar surface area (TPSA) is 72.5 Å². The predicted molar refractivity (Wildman–Crippen MR) is 106 cm³/mol. The first-order valence-electron chi connectivity index (χ1n) is 8.35. The molecule has 0 aliphatic rings. The van der Waals surface area contributed by atoms with Crippen molar-refractivity contribution >= 4 is 11.9 Å². The number of rotatable bonds is 9. The molecule has 7 nitrogen and oxygen atoms in total. The van der Waals surface area contributed by atoms with Gasteiger partial charge in [-0.15, -0.1) is 0 Å². The summed E-state index contributed by atoms with van der Waals surface area (Å²) in [6, 6.07) is 6.70. The molecule has 0 heterocycles. The number of carbonyl (C=O) groups excluding carboxylic acids is 1. The van der Waals surface area contributed by atoms with Gasteiger partial charge in [0.25, 0.3) is 0 Å². The molecule has 0 radical (unpaired) electrons. The zero-order chi connectivity index (χ0) is 20.7. The summed E-state index contributed by atoms with van der Waals surface area (Å²) in [5.41, 5.74) is 1.12. The molecular formula is C21H24O7. The average Bonchev–Trinajstić information content (AvgIpc) is 2.75. The van der Waals surface area contributed by atoms with Crippen LogP contribution in [0.4, 0.5) is 0 Å². The molecule has 2 aromatic rings. The number of allylic oxidation sites excluding steroid dienone is 1. The summed E-state index contributed by atoms with van der Waals surface area (Å²) < 4.78 is 31.8. The fourth-order valence-corrected chi connectivity index (χ4v) is 2.69. The standard InChI is InChI=1S/C21H24O7/c1-23-16-9-13(10-17(24-2)20(16)27-5)7-8-15(22)14-11-18(25-3)21(28-6)19(12-14)26-4/h7-12H,1-6H3. The van der Waals surface area contributed by atoms with E-state index in [9.17, 15) is 4.79 Å². The Morgan fingerprint density at radius 1 is 0.643 bits per heavy atom. The first kappa shape index (κ1) is 21.0. The van der Waals surface area contributed by atoms with Gasteiger partial charge in [0, 0.05) is 5.56 Å². The van der Waals surface area contributed by atoms with Gasteiger partial charge in [-0.1, -0.05) is 6.08 Å². The Balaban J connectivity index is 2.38. The monoisotopic (exact) mass is 388 g/mol. The lowest BCUT2D eigenvalue weighted by Gasteiger charge is -2.13. The SMILES string of the molecule is COc1cc(C=CC(=O)c2cc(OC)c(OC)c(OC)c2)cc(OC)c1OC. The van der Waals surface area contributed by atoms with Gasteiger partial charge >= 0.3 is 0 Å². The van der Waals surface area contributed by atoms with Crippen LogP contribution in [0.15, 0.2) is 30.3 Å². The summed E-state index contributed by atoms with van der Waals surface area (Å²) in [4.78, 5) is 12.7. The molecule has 0 N–H and O–H groups in total. The molecule has 0 atom stereocenters. The van der Waals surface area contributed by atoms with E-state index in [1.807, 2.05) is 0 Å². The molecule has 0 amide bonds. The molecule has 0 spiro atoms. The highest BCUT2D eigenvalue weighted by molar-refractivity contribution is 6.07. The summed E-state index contributed by atoms with van der Waals surface area (Å²) >= 11 is 0. The molecule has 0 unspecified atom stereocenters. The molecule has 7 heteroatoms. The Bertz CT molecular complexity index is 821. The molecule has 0 saturated carbocycles. The fourth-order valence-electron chi connectivity index (χ4n) is 2.69. The second kappa shape index (κ2) is 9.55. The molecule has 2 aromatic carbocycles. The van der Waals surface area contributed by atoms with Crippen LogP contribution in [0.25, 0.3) is 6.08 Å². The first-order valence-corrected chi connectivity index (χ1v) is 8.35. The number of carbonyl (C=O) groups is 1. The zero-order valence-corrected chi connectivity index (χ0v) is 16.8. The van der Waals surface area contributed by atoms with Gasteiger partial charge in [-0.3, -0.25) is 4.79 Å². The lowest BCUT2D eigenvalue weighted by molar-refractivity contribution is 0.104. The van der Waals surface area contributed by atoms with E-state index in [0.717, 1.165) is 5.56 Å². The number of hydrogen-bond acceptors (Lipinski definition) is 7. The van der Waals surface area contributed by atoms with Gasteiger partial charge in [0.15, 0.2) is 28.8 Å². The maximum absolute atomic E-state index is 12.7. The van der Waals surface area contributed by atoms with Crippen LogP contribution < -0.4 is 28.4 Å². The second-order valence-electron chi connectivity index (χ2n) is 5.57. The molecule has 28 heavy (non-hydrogen) atoms. The molecule has 0 saturated heterocycles. The minimum Gasteiger partial charge on any atom is -0.493 e. The van der Waals surface area contributed by atoms with Crippen LogP contribution in [0.5, 0.6) is 34.5 Å². The number of benzene rings is 2. The lowest BCUT2D eigenvalue weighted by Crippen LogP contribution is -2.00. The number of hydrogen-bond donors (Lipinski definition) is 0. The van der Waals surface area contributed by atoms with Crippen LogP contribution in [0.3, 0.4) is 0 Å². The zero-order valence-electron chi connectivity index (χ0n) is 16.8. The summed E-state index contributed by atoms with van der Waals surface area (Å²) in [6.45, 7) is 0. The summed E-state index contributed by atoms with van der Waals surface area (Å²) in [6.07, 6.45) is 3.11. The van der Waals surface area contributed by atoms with Crippen LogP contribution in [0.1, 0.15) is 15.9 Å². The lowest BCUT2D eigenvalue weighted by atomic mass is 10.1. The summed E-state index contributed by atoms with van der Waals surface area (Å²) in [7, 11) is 9.10. The fraction of sp³-hybridized carbons (Fsp3) is 0.286. The maximum Gasteiger partial charge on any atom is 0.203 e. The van der Waals surface area contributed by atoms with Gasteiger partial charge in [-0.25, -0.2) is 0 Å². The normalized spacial score (nSPS) is 10.5. The van der Waals surface area contributed by atoms with Gasteiger partial charge in [0.05, 0.1) is 42.7 Å². The highest BCUT2D eigenvalue weighted by Gasteiger charge is 2.16. The molecular weight excluding hydrogens is 364 g/mol. The van der Waals surface area contributed by atoms with Crippen molar-refractivity contribution in [1.29, 1.82) is 0 Å². The Kier molecular flexibility index (Phi) is 7.14. The van der Waals surface area contributed by atoms with Crippen molar-refractivity contribution in [3.63, 3.8) is 0 Å². The van der Waals surface area contributed by atoms with Crippen molar-refractivity contribution in [1.82, 2.24) is 0 Å². The number of ketones is 1. The Hall–Kier alpha value is -3.35. The summed E-state index contributed by atoms with van der Waals surface area (Å²) in [5, 5.41) is 0. The van der Waals surface area contributed by atoms with Crippen LogP contribution in [-0.4, -0.2) is 48.4 Å². The highest BCUT2D eigenvalue weighted by Crippen LogP contribution is 2.39. The Morgan fingerprint density at radius 2 is 1.04 bits per heavy atom. The molecule has 0 fully saturated rings. The second-order valence-corrected chi connectivity index (χ2v) is 5.57. The van der Waals surface area contributed by atoms with Crippen molar-refractivity contribution in [3.05, 3.63) is 41.5 Å². The molecule has 0 aliphatic carbocycles. The third-order valence-corrected chi connectivity index (χ3v) is 4.06. The van der Waals surface area contributed by atoms with Crippen LogP contribution in [0, 0.1) is 0 Å². The van der Waals surface area contributed by atoms with E-state index >= 15 is 0 Å². The van der Waals surface area contributed by atoms with Crippen LogP contribution in [0.2, 0.25) is 0 Å². The minimum atomic E-state index is -0.229. The maximum atomic E-state index is 12.7. The van der Waals surface area contributed by atoms with E-state index in [1.54, 1.807) is 30.3 Å². The summed E-state index contributed by atoms with van der Waals surface area (Å²) in [5.74, 6) is 2.50. The van der Waals surface area contributed by atoms with Gasteiger partial charge in [-0.2, -0.15) is 0 Å².